The number of piperidine rings is 1. The number of benzene rings is 1. The van der Waals surface area contributed by atoms with E-state index in [0.717, 1.165) is 12.1 Å². The number of carbonyl (C=O) groups is 3. The van der Waals surface area contributed by atoms with Gasteiger partial charge in [-0.05, 0) is 30.7 Å². The lowest BCUT2D eigenvalue weighted by Gasteiger charge is -2.34. The van der Waals surface area contributed by atoms with E-state index >= 15 is 4.39 Å². The largest absolute Gasteiger partial charge is 0.573 e. The first-order chi connectivity index (χ1) is 19.4. The molecule has 2 atom stereocenters. The highest BCUT2D eigenvalue weighted by molar-refractivity contribution is 5.95. The van der Waals surface area contributed by atoms with Crippen molar-refractivity contribution in [3.05, 3.63) is 65.6 Å². The Labute approximate surface area is 230 Å². The second-order valence-corrected chi connectivity index (χ2v) is 8.97. The van der Waals surface area contributed by atoms with E-state index < -0.39 is 42.2 Å². The number of primary amides is 1. The molecule has 0 spiro atoms. The molecule has 0 saturated carbocycles. The summed E-state index contributed by atoms with van der Waals surface area (Å²) in [6, 6.07) is 6.17. The average molecular weight is 580 g/mol. The molecule has 0 bridgehead atoms. The van der Waals surface area contributed by atoms with Gasteiger partial charge < -0.3 is 24.8 Å². The highest BCUT2D eigenvalue weighted by Gasteiger charge is 2.34. The Morgan fingerprint density at radius 2 is 1.88 bits per heavy atom. The third kappa shape index (κ3) is 7.49. The van der Waals surface area contributed by atoms with E-state index in [1.807, 2.05) is 0 Å². The molecule has 15 heteroatoms. The van der Waals surface area contributed by atoms with Crippen molar-refractivity contribution in [2.24, 2.45) is 5.73 Å². The molecular weight excluding hydrogens is 554 g/mol. The highest BCUT2D eigenvalue weighted by atomic mass is 19.4. The van der Waals surface area contributed by atoms with Crippen molar-refractivity contribution in [3.63, 3.8) is 0 Å². The van der Waals surface area contributed by atoms with Crippen LogP contribution in [0.2, 0.25) is 0 Å². The van der Waals surface area contributed by atoms with Crippen LogP contribution in [0.1, 0.15) is 39.6 Å². The van der Waals surface area contributed by atoms with Gasteiger partial charge in [-0.2, -0.15) is 5.10 Å². The Kier molecular flexibility index (Phi) is 8.74. The number of alkyl halides is 4. The number of hydrogen-bond donors (Lipinski definition) is 1. The minimum atomic E-state index is -4.83. The number of carbonyl (C=O) groups excluding carboxylic acids is 3. The number of nitrogens with two attached hydrogens (primary N) is 1. The summed E-state index contributed by atoms with van der Waals surface area (Å²) in [6.45, 7) is 1.68. The lowest BCUT2D eigenvalue weighted by atomic mass is 10.0. The quantitative estimate of drug-likeness (QED) is 0.302. The lowest BCUT2D eigenvalue weighted by molar-refractivity contribution is -0.274. The van der Waals surface area contributed by atoms with Crippen LogP contribution in [0, 0.1) is 0 Å². The summed E-state index contributed by atoms with van der Waals surface area (Å²) in [4.78, 5) is 42.1. The predicted molar refractivity (Wildman–Crippen MR) is 133 cm³/mol. The van der Waals surface area contributed by atoms with E-state index in [9.17, 15) is 27.6 Å². The molecular formula is C26H25F4N5O6. The summed E-state index contributed by atoms with van der Waals surface area (Å²) in [5.41, 5.74) is 6.26. The normalized spacial score (nSPS) is 17.1. The van der Waals surface area contributed by atoms with Crippen molar-refractivity contribution in [2.75, 3.05) is 19.7 Å². The topological polar surface area (TPSA) is 139 Å². The zero-order chi connectivity index (χ0) is 29.7. The van der Waals surface area contributed by atoms with Crippen LogP contribution in [0.3, 0.4) is 0 Å². The first kappa shape index (κ1) is 29.3. The zero-order valence-corrected chi connectivity index (χ0v) is 21.6. The first-order valence-electron chi connectivity index (χ1n) is 12.4. The summed E-state index contributed by atoms with van der Waals surface area (Å²) in [7, 11) is 0. The third-order valence-electron chi connectivity index (χ3n) is 6.07. The maximum absolute atomic E-state index is 15.1. The Morgan fingerprint density at radius 3 is 2.51 bits per heavy atom. The molecule has 2 unspecified atom stereocenters. The van der Waals surface area contributed by atoms with Gasteiger partial charge in [-0.1, -0.05) is 12.1 Å². The van der Waals surface area contributed by atoms with Crippen LogP contribution in [0.25, 0.3) is 5.69 Å². The van der Waals surface area contributed by atoms with Crippen LogP contribution in [0.5, 0.6) is 11.6 Å². The van der Waals surface area contributed by atoms with Crippen LogP contribution in [0.4, 0.5) is 17.6 Å². The number of ether oxygens (including phenoxy) is 3. The van der Waals surface area contributed by atoms with Crippen LogP contribution >= 0.6 is 0 Å². The van der Waals surface area contributed by atoms with Gasteiger partial charge in [0.05, 0.1) is 43.2 Å². The fourth-order valence-corrected chi connectivity index (χ4v) is 4.10. The van der Waals surface area contributed by atoms with Gasteiger partial charge in [0.2, 0.25) is 11.8 Å². The number of esters is 1. The molecule has 2 aromatic heterocycles. The summed E-state index contributed by atoms with van der Waals surface area (Å²) in [6.07, 6.45) is -3.59. The number of aromatic nitrogens is 3. The summed E-state index contributed by atoms with van der Waals surface area (Å²) in [5.74, 6) is -2.50. The van der Waals surface area contributed by atoms with Gasteiger partial charge in [0.1, 0.15) is 17.4 Å². The molecule has 3 aromatic rings. The van der Waals surface area contributed by atoms with E-state index in [4.69, 9.17) is 15.2 Å². The van der Waals surface area contributed by atoms with Crippen molar-refractivity contribution in [1.82, 2.24) is 19.7 Å². The Bertz CT molecular complexity index is 1410. The van der Waals surface area contributed by atoms with E-state index in [1.54, 1.807) is 6.92 Å². The van der Waals surface area contributed by atoms with Gasteiger partial charge in [0.25, 0.3) is 5.91 Å². The molecule has 0 aliphatic carbocycles. The van der Waals surface area contributed by atoms with Gasteiger partial charge in [0.15, 0.2) is 6.17 Å². The molecule has 218 valence electrons. The zero-order valence-electron chi connectivity index (χ0n) is 21.6. The van der Waals surface area contributed by atoms with Gasteiger partial charge >= 0.3 is 12.3 Å². The third-order valence-corrected chi connectivity index (χ3v) is 6.07. The molecule has 1 saturated heterocycles. The molecule has 1 fully saturated rings. The van der Waals surface area contributed by atoms with E-state index in [0.29, 0.717) is 5.56 Å². The number of hydrogen-bond acceptors (Lipinski definition) is 8. The summed E-state index contributed by atoms with van der Waals surface area (Å²) in [5, 5.41) is 4.05. The molecule has 3 heterocycles. The number of halogens is 4. The minimum absolute atomic E-state index is 0.0783. The van der Waals surface area contributed by atoms with E-state index in [2.05, 4.69) is 14.8 Å². The molecule has 1 aliphatic rings. The predicted octanol–water partition coefficient (Wildman–Crippen LogP) is 3.00. The lowest BCUT2D eigenvalue weighted by Crippen LogP contribution is -2.49. The van der Waals surface area contributed by atoms with Crippen molar-refractivity contribution in [1.29, 1.82) is 0 Å². The SMILES string of the molecule is CCOC(=O)c1cnn(-c2cnc(OC3CCN(C(=O)Cc4ccc(OC(F)(F)F)cc4)CC3F)c(C(N)=O)c2)c1. The Hall–Kier alpha value is -4.69. The smallest absolute Gasteiger partial charge is 0.471 e. The van der Waals surface area contributed by atoms with Gasteiger partial charge in [-0.15, -0.1) is 13.2 Å². The first-order valence-corrected chi connectivity index (χ1v) is 12.4. The maximum atomic E-state index is 15.1. The number of pyridine rings is 1. The molecule has 41 heavy (non-hydrogen) atoms. The van der Waals surface area contributed by atoms with Crippen molar-refractivity contribution in [3.8, 4) is 17.3 Å². The molecule has 0 radical (unpaired) electrons. The number of likely N-dealkylation sites (tertiary alicyclic amines) is 1. The van der Waals surface area contributed by atoms with Crippen LogP contribution in [-0.4, -0.2) is 75.8 Å². The number of rotatable bonds is 9. The van der Waals surface area contributed by atoms with Crippen molar-refractivity contribution >= 4 is 17.8 Å². The number of nitrogens with zero attached hydrogens (tertiary/aromatic N) is 4. The van der Waals surface area contributed by atoms with Crippen LogP contribution < -0.4 is 15.2 Å². The van der Waals surface area contributed by atoms with Gasteiger partial charge in [-0.25, -0.2) is 18.9 Å². The molecule has 4 rings (SSSR count). The van der Waals surface area contributed by atoms with Crippen molar-refractivity contribution < 1.29 is 46.2 Å². The molecule has 1 aliphatic heterocycles. The molecule has 11 nitrogen and oxygen atoms in total. The Balaban J connectivity index is 1.38. The van der Waals surface area contributed by atoms with Crippen molar-refractivity contribution in [2.45, 2.75) is 38.4 Å². The summed E-state index contributed by atoms with van der Waals surface area (Å²) >= 11 is 0. The average Bonchev–Trinajstić information content (AvgIpc) is 3.41. The second kappa shape index (κ2) is 12.2. The fraction of sp³-hybridized carbons (Fsp3) is 0.346. The molecule has 1 aromatic carbocycles. The maximum Gasteiger partial charge on any atom is 0.573 e. The van der Waals surface area contributed by atoms with E-state index in [1.165, 1.54) is 46.4 Å². The molecule has 2 amide bonds. The number of amides is 2. The standard InChI is InChI=1S/C26H25F4N5O6/c1-2-39-25(38)16-11-33-35(13-16)17-10-19(23(31)37)24(32-12-17)40-21-7-8-34(14-20(21)27)22(36)9-15-3-5-18(6-4-15)41-26(28,29)30/h3-6,10-13,20-21H,2,7-9,14H2,1H3,(H2,31,37). The molecule has 2 N–H and O–H groups in total. The van der Waals surface area contributed by atoms with Gasteiger partial charge in [-0.3, -0.25) is 9.59 Å². The van der Waals surface area contributed by atoms with Gasteiger partial charge in [0, 0.05) is 19.2 Å². The van der Waals surface area contributed by atoms with Crippen LogP contribution in [-0.2, 0) is 16.0 Å². The Morgan fingerprint density at radius 1 is 1.15 bits per heavy atom. The highest BCUT2D eigenvalue weighted by Crippen LogP contribution is 2.26. The second-order valence-electron chi connectivity index (χ2n) is 8.97. The summed E-state index contributed by atoms with van der Waals surface area (Å²) < 4.78 is 67.7. The monoisotopic (exact) mass is 579 g/mol. The fourth-order valence-electron chi connectivity index (χ4n) is 4.10. The van der Waals surface area contributed by atoms with Crippen LogP contribution in [0.15, 0.2) is 48.9 Å². The minimum Gasteiger partial charge on any atom is -0.471 e. The van der Waals surface area contributed by atoms with E-state index in [-0.39, 0.29) is 55.2 Å².